The number of nitrogens with one attached hydrogen (secondary N) is 2. The average Bonchev–Trinajstić information content (AvgIpc) is 2.98. The van der Waals surface area contributed by atoms with E-state index in [1.807, 2.05) is 26.8 Å². The zero-order chi connectivity index (χ0) is 32.3. The zero-order valence-electron chi connectivity index (χ0n) is 25.2. The van der Waals surface area contributed by atoms with Crippen LogP contribution >= 0.6 is 0 Å². The van der Waals surface area contributed by atoms with E-state index in [1.54, 1.807) is 54.6 Å². The van der Waals surface area contributed by atoms with E-state index in [0.717, 1.165) is 15.4 Å². The van der Waals surface area contributed by atoms with Crippen LogP contribution in [-0.4, -0.2) is 63.3 Å². The van der Waals surface area contributed by atoms with Gasteiger partial charge in [0.05, 0.1) is 9.79 Å². The predicted molar refractivity (Wildman–Crippen MR) is 169 cm³/mol. The van der Waals surface area contributed by atoms with E-state index in [2.05, 4.69) is 10.0 Å². The first kappa shape index (κ1) is 34.9. The topological polar surface area (TPSA) is 150 Å². The summed E-state index contributed by atoms with van der Waals surface area (Å²) in [4.78, 5) is 25.5. The number of hydrogen-bond acceptors (Lipinski definition) is 6. The van der Waals surface area contributed by atoms with Gasteiger partial charge in [-0.15, -0.1) is 0 Å². The van der Waals surface area contributed by atoms with E-state index >= 15 is 0 Å². The number of carbonyl (C=O) groups is 2. The van der Waals surface area contributed by atoms with E-state index < -0.39 is 44.0 Å². The molecule has 0 aliphatic carbocycles. The Kier molecular flexibility index (Phi) is 12.6. The molecule has 2 atom stereocenters. The molecular weight excluding hydrogens is 603 g/mol. The lowest BCUT2D eigenvalue weighted by Gasteiger charge is -2.29. The molecule has 0 aromatic heterocycles. The van der Waals surface area contributed by atoms with E-state index in [4.69, 9.17) is 0 Å². The van der Waals surface area contributed by atoms with Crippen LogP contribution < -0.4 is 10.0 Å². The van der Waals surface area contributed by atoms with Gasteiger partial charge in [0.2, 0.25) is 26.0 Å². The first-order chi connectivity index (χ1) is 20.8. The molecule has 1 amide bonds. The molecule has 0 saturated heterocycles. The summed E-state index contributed by atoms with van der Waals surface area (Å²) >= 11 is 0. The van der Waals surface area contributed by atoms with Gasteiger partial charge < -0.3 is 10.4 Å². The number of carboxylic acid groups (broad SMARTS) is 1. The molecule has 0 saturated carbocycles. The highest BCUT2D eigenvalue weighted by molar-refractivity contribution is 7.89. The summed E-state index contributed by atoms with van der Waals surface area (Å²) in [5, 5.41) is 12.8. The molecular formula is C32H41N3O7S2. The molecule has 3 aromatic rings. The molecule has 12 heteroatoms. The Bertz CT molecular complexity index is 1580. The number of carboxylic acids is 1. The van der Waals surface area contributed by atoms with E-state index in [0.29, 0.717) is 12.8 Å². The number of aryl methyl sites for hydroxylation is 1. The van der Waals surface area contributed by atoms with Crippen LogP contribution in [0.3, 0.4) is 0 Å². The van der Waals surface area contributed by atoms with Gasteiger partial charge in [-0.25, -0.2) is 16.8 Å². The molecule has 10 nitrogen and oxygen atoms in total. The van der Waals surface area contributed by atoms with Crippen LogP contribution in [0.2, 0.25) is 0 Å². The molecule has 3 rings (SSSR count). The Hall–Kier alpha value is -3.58. The molecule has 3 N–H and O–H groups in total. The van der Waals surface area contributed by atoms with Crippen molar-refractivity contribution in [2.24, 2.45) is 5.92 Å². The van der Waals surface area contributed by atoms with Crippen LogP contribution in [0.15, 0.2) is 94.7 Å². The lowest BCUT2D eigenvalue weighted by atomic mass is 10.1. The van der Waals surface area contributed by atoms with Crippen molar-refractivity contribution in [3.63, 3.8) is 0 Å². The fourth-order valence-electron chi connectivity index (χ4n) is 4.68. The highest BCUT2D eigenvalue weighted by Crippen LogP contribution is 2.23. The van der Waals surface area contributed by atoms with Gasteiger partial charge in [0.25, 0.3) is 0 Å². The predicted octanol–water partition coefficient (Wildman–Crippen LogP) is 3.97. The standard InChI is InChI=1S/C32H41N3O7S2/c1-24(2)23-35(44(41,42)28-14-8-5-9-15-28)30(32(37)38)16-10-11-21-33-31(36)29(22-26-12-6-4-7-13-26)34-43(39,40)27-19-17-25(3)18-20-27/h4-9,12-15,17-20,24,29-30,34H,10-11,16,21-23H2,1-3H3,(H,33,36)(H,37,38)/t29-,30-/m0/s1. The SMILES string of the molecule is Cc1ccc(S(=O)(=O)N[C@@H](Cc2ccccc2)C(=O)NCCCC[C@@H](C(=O)O)N(CC(C)C)S(=O)(=O)c2ccccc2)cc1. The highest BCUT2D eigenvalue weighted by Gasteiger charge is 2.36. The molecule has 44 heavy (non-hydrogen) atoms. The third kappa shape index (κ3) is 9.98. The average molecular weight is 644 g/mol. The minimum absolute atomic E-state index is 0.0247. The van der Waals surface area contributed by atoms with Crippen LogP contribution in [0.1, 0.15) is 44.2 Å². The summed E-state index contributed by atoms with van der Waals surface area (Å²) in [6.07, 6.45) is 0.839. The summed E-state index contributed by atoms with van der Waals surface area (Å²) in [7, 11) is -8.06. The largest absolute Gasteiger partial charge is 0.480 e. The quantitative estimate of drug-likeness (QED) is 0.188. The van der Waals surface area contributed by atoms with Crippen LogP contribution in [0, 0.1) is 12.8 Å². The molecule has 0 unspecified atom stereocenters. The van der Waals surface area contributed by atoms with E-state index in [-0.39, 0.29) is 41.6 Å². The first-order valence-corrected chi connectivity index (χ1v) is 17.4. The number of rotatable bonds is 17. The number of sulfonamides is 2. The van der Waals surface area contributed by atoms with Crippen molar-refractivity contribution < 1.29 is 31.5 Å². The van der Waals surface area contributed by atoms with Crippen LogP contribution in [0.4, 0.5) is 0 Å². The van der Waals surface area contributed by atoms with Gasteiger partial charge in [0.1, 0.15) is 12.1 Å². The minimum atomic E-state index is -4.06. The van der Waals surface area contributed by atoms with Gasteiger partial charge in [-0.3, -0.25) is 9.59 Å². The summed E-state index contributed by atoms with van der Waals surface area (Å²) in [5.74, 6) is -1.88. The fourth-order valence-corrected chi connectivity index (χ4v) is 7.67. The van der Waals surface area contributed by atoms with Crippen molar-refractivity contribution in [3.05, 3.63) is 96.1 Å². The Morgan fingerprint density at radius 3 is 1.98 bits per heavy atom. The summed E-state index contributed by atoms with van der Waals surface area (Å²) < 4.78 is 56.5. The Labute approximate surface area is 260 Å². The fraction of sp³-hybridized carbons (Fsp3) is 0.375. The number of nitrogens with zero attached hydrogens (tertiary/aromatic N) is 1. The van der Waals surface area contributed by atoms with Gasteiger partial charge in [-0.05, 0) is 68.4 Å². The second-order valence-corrected chi connectivity index (χ2v) is 14.7. The number of hydrogen-bond donors (Lipinski definition) is 3. The number of unbranched alkanes of at least 4 members (excludes halogenated alkanes) is 1. The molecule has 0 fully saturated rings. The summed E-state index contributed by atoms with van der Waals surface area (Å²) in [6.45, 7) is 5.67. The van der Waals surface area contributed by atoms with Crippen molar-refractivity contribution in [2.75, 3.05) is 13.1 Å². The van der Waals surface area contributed by atoms with Crippen LogP contribution in [0.5, 0.6) is 0 Å². The zero-order valence-corrected chi connectivity index (χ0v) is 26.9. The number of carbonyl (C=O) groups excluding carboxylic acids is 1. The molecule has 0 aliphatic rings. The van der Waals surface area contributed by atoms with Gasteiger partial charge >= 0.3 is 5.97 Å². The molecule has 3 aromatic carbocycles. The van der Waals surface area contributed by atoms with Crippen LogP contribution in [-0.2, 0) is 36.1 Å². The van der Waals surface area contributed by atoms with Gasteiger partial charge in [0.15, 0.2) is 0 Å². The van der Waals surface area contributed by atoms with Crippen molar-refractivity contribution in [1.29, 1.82) is 0 Å². The van der Waals surface area contributed by atoms with Gasteiger partial charge in [-0.1, -0.05) is 80.1 Å². The molecule has 0 spiro atoms. The maximum absolute atomic E-state index is 13.4. The summed E-state index contributed by atoms with van der Waals surface area (Å²) in [5.41, 5.74) is 1.67. The maximum Gasteiger partial charge on any atom is 0.322 e. The van der Waals surface area contributed by atoms with Crippen molar-refractivity contribution in [2.45, 2.75) is 68.3 Å². The second-order valence-electron chi connectivity index (χ2n) is 11.1. The lowest BCUT2D eigenvalue weighted by molar-refractivity contribution is -0.142. The molecule has 0 bridgehead atoms. The number of aliphatic carboxylic acids is 1. The highest BCUT2D eigenvalue weighted by atomic mass is 32.2. The minimum Gasteiger partial charge on any atom is -0.480 e. The third-order valence-electron chi connectivity index (χ3n) is 6.96. The van der Waals surface area contributed by atoms with Gasteiger partial charge in [0, 0.05) is 13.1 Å². The monoisotopic (exact) mass is 643 g/mol. The van der Waals surface area contributed by atoms with Crippen molar-refractivity contribution in [3.8, 4) is 0 Å². The second kappa shape index (κ2) is 15.9. The Morgan fingerprint density at radius 1 is 0.818 bits per heavy atom. The molecule has 0 radical (unpaired) electrons. The van der Waals surface area contributed by atoms with E-state index in [1.165, 1.54) is 24.3 Å². The molecule has 0 heterocycles. The maximum atomic E-state index is 13.4. The normalized spacial score (nSPS) is 13.5. The van der Waals surface area contributed by atoms with Crippen molar-refractivity contribution >= 4 is 31.9 Å². The molecule has 238 valence electrons. The van der Waals surface area contributed by atoms with E-state index in [9.17, 15) is 31.5 Å². The number of benzene rings is 3. The lowest BCUT2D eigenvalue weighted by Crippen LogP contribution is -2.48. The van der Waals surface area contributed by atoms with Gasteiger partial charge in [-0.2, -0.15) is 9.03 Å². The Morgan fingerprint density at radius 2 is 1.41 bits per heavy atom. The smallest absolute Gasteiger partial charge is 0.322 e. The molecule has 0 aliphatic heterocycles. The third-order valence-corrected chi connectivity index (χ3v) is 10.3. The van der Waals surface area contributed by atoms with Crippen LogP contribution in [0.25, 0.3) is 0 Å². The first-order valence-electron chi connectivity index (χ1n) is 14.5. The summed E-state index contributed by atoms with van der Waals surface area (Å²) in [6, 6.07) is 20.7. The van der Waals surface area contributed by atoms with Crippen molar-refractivity contribution in [1.82, 2.24) is 14.3 Å². The number of amides is 1. The Balaban J connectivity index is 1.67.